The van der Waals surface area contributed by atoms with Crippen molar-refractivity contribution in [2.45, 2.75) is 18.9 Å². The average Bonchev–Trinajstić information content (AvgIpc) is 2.45. The van der Waals surface area contributed by atoms with Gasteiger partial charge in [0.15, 0.2) is 0 Å². The minimum absolute atomic E-state index is 0.0482. The van der Waals surface area contributed by atoms with E-state index >= 15 is 0 Å². The van der Waals surface area contributed by atoms with Crippen molar-refractivity contribution in [3.05, 3.63) is 35.9 Å². The first-order valence-electron chi connectivity index (χ1n) is 7.40. The Morgan fingerprint density at radius 3 is 2.32 bits per heavy atom. The summed E-state index contributed by atoms with van der Waals surface area (Å²) < 4.78 is 24.9. The van der Waals surface area contributed by atoms with Gasteiger partial charge in [0, 0.05) is 25.0 Å². The molecule has 1 spiro atoms. The number of sulfonamides is 1. The van der Waals surface area contributed by atoms with Crippen molar-refractivity contribution in [3.8, 4) is 0 Å². The molecule has 0 saturated carbocycles. The maximum atomic E-state index is 11.7. The Morgan fingerprint density at radius 1 is 1.23 bits per heavy atom. The summed E-state index contributed by atoms with van der Waals surface area (Å²) in [4.78, 5) is 13.3. The Hall–Kier alpha value is -1.60. The van der Waals surface area contributed by atoms with Crippen LogP contribution in [0.5, 0.6) is 0 Å². The molecule has 0 radical (unpaired) electrons. The number of urea groups is 1. The van der Waals surface area contributed by atoms with Crippen LogP contribution in [-0.2, 0) is 10.0 Å². The predicted octanol–water partition coefficient (Wildman–Crippen LogP) is 1.16. The van der Waals surface area contributed by atoms with E-state index in [1.807, 2.05) is 30.3 Å². The third-order valence-electron chi connectivity index (χ3n) is 4.96. The monoisotopic (exact) mass is 323 g/mol. The van der Waals surface area contributed by atoms with Gasteiger partial charge in [0.1, 0.15) is 0 Å². The van der Waals surface area contributed by atoms with Gasteiger partial charge >= 0.3 is 6.03 Å². The molecule has 2 fully saturated rings. The smallest absolute Gasteiger partial charge is 0.315 e. The molecule has 1 aromatic carbocycles. The standard InChI is InChI=1S/C15H21N3O3S/c1-22(20,21)17-9-7-15(8-10-17)11-18(14(16)19)13(15)12-5-3-2-4-6-12/h2-6,13H,7-11H2,1H3,(H2,16,19). The van der Waals surface area contributed by atoms with Crippen molar-refractivity contribution in [2.24, 2.45) is 11.1 Å². The summed E-state index contributed by atoms with van der Waals surface area (Å²) in [5.41, 5.74) is 6.50. The zero-order valence-electron chi connectivity index (χ0n) is 12.6. The normalized spacial score (nSPS) is 25.0. The predicted molar refractivity (Wildman–Crippen MR) is 83.6 cm³/mol. The van der Waals surface area contributed by atoms with E-state index in [1.54, 1.807) is 4.90 Å². The summed E-state index contributed by atoms with van der Waals surface area (Å²) in [7, 11) is -3.14. The van der Waals surface area contributed by atoms with Crippen LogP contribution in [0.15, 0.2) is 30.3 Å². The Balaban J connectivity index is 1.84. The van der Waals surface area contributed by atoms with Crippen LogP contribution in [0.4, 0.5) is 4.79 Å². The summed E-state index contributed by atoms with van der Waals surface area (Å²) in [6.07, 6.45) is 2.75. The van der Waals surface area contributed by atoms with E-state index in [9.17, 15) is 13.2 Å². The number of nitrogens with zero attached hydrogens (tertiary/aromatic N) is 2. The van der Waals surface area contributed by atoms with Crippen molar-refractivity contribution in [2.75, 3.05) is 25.9 Å². The summed E-state index contributed by atoms with van der Waals surface area (Å²) in [6, 6.07) is 9.39. The number of carbonyl (C=O) groups excluding carboxylic acids is 1. The largest absolute Gasteiger partial charge is 0.351 e. The van der Waals surface area contributed by atoms with E-state index < -0.39 is 16.1 Å². The number of amides is 2. The second-order valence-electron chi connectivity index (χ2n) is 6.30. The lowest BCUT2D eigenvalue weighted by atomic mass is 9.63. The highest BCUT2D eigenvalue weighted by Gasteiger charge is 2.55. The minimum Gasteiger partial charge on any atom is -0.351 e. The van der Waals surface area contributed by atoms with Gasteiger partial charge in [-0.1, -0.05) is 30.3 Å². The molecule has 2 heterocycles. The molecule has 7 heteroatoms. The summed E-state index contributed by atoms with van der Waals surface area (Å²) in [5, 5.41) is 0. The van der Waals surface area contributed by atoms with Crippen LogP contribution in [0, 0.1) is 5.41 Å². The number of hydrogen-bond acceptors (Lipinski definition) is 3. The SMILES string of the molecule is CS(=O)(=O)N1CCC2(CC1)CN(C(N)=O)C2c1ccccc1. The Morgan fingerprint density at radius 2 is 1.82 bits per heavy atom. The van der Waals surface area contributed by atoms with Crippen LogP contribution in [-0.4, -0.2) is 49.5 Å². The molecule has 120 valence electrons. The van der Waals surface area contributed by atoms with Crippen molar-refractivity contribution in [1.82, 2.24) is 9.21 Å². The highest BCUT2D eigenvalue weighted by molar-refractivity contribution is 7.88. The van der Waals surface area contributed by atoms with Gasteiger partial charge in [-0.3, -0.25) is 0 Å². The van der Waals surface area contributed by atoms with E-state index in [0.29, 0.717) is 19.6 Å². The Bertz CT molecular complexity index is 667. The third kappa shape index (κ3) is 2.48. The Labute approximate surface area is 130 Å². The topological polar surface area (TPSA) is 83.7 Å². The Kier molecular flexibility index (Phi) is 3.65. The van der Waals surface area contributed by atoms with E-state index in [1.165, 1.54) is 10.6 Å². The van der Waals surface area contributed by atoms with Crippen LogP contribution in [0.1, 0.15) is 24.4 Å². The zero-order chi connectivity index (χ0) is 16.0. The molecule has 2 amide bonds. The fourth-order valence-electron chi connectivity index (χ4n) is 3.80. The average molecular weight is 323 g/mol. The van der Waals surface area contributed by atoms with Crippen molar-refractivity contribution in [3.63, 3.8) is 0 Å². The molecule has 3 rings (SSSR count). The van der Waals surface area contributed by atoms with Gasteiger partial charge in [0.2, 0.25) is 10.0 Å². The molecule has 22 heavy (non-hydrogen) atoms. The lowest BCUT2D eigenvalue weighted by molar-refractivity contribution is -0.0723. The molecule has 0 aromatic heterocycles. The number of carbonyl (C=O) groups is 1. The molecule has 0 aliphatic carbocycles. The quantitative estimate of drug-likeness (QED) is 0.886. The van der Waals surface area contributed by atoms with E-state index in [-0.39, 0.29) is 11.5 Å². The number of likely N-dealkylation sites (tertiary alicyclic amines) is 1. The molecule has 1 atom stereocenters. The highest BCUT2D eigenvalue weighted by Crippen LogP contribution is 2.54. The van der Waals surface area contributed by atoms with E-state index in [0.717, 1.165) is 18.4 Å². The van der Waals surface area contributed by atoms with Crippen LogP contribution < -0.4 is 5.73 Å². The molecule has 2 aliphatic rings. The molecular weight excluding hydrogens is 302 g/mol. The van der Waals surface area contributed by atoms with Crippen molar-refractivity contribution < 1.29 is 13.2 Å². The fourth-order valence-corrected chi connectivity index (χ4v) is 4.65. The number of benzene rings is 1. The van der Waals surface area contributed by atoms with Crippen LogP contribution in [0.25, 0.3) is 0 Å². The van der Waals surface area contributed by atoms with E-state index in [2.05, 4.69) is 0 Å². The second-order valence-corrected chi connectivity index (χ2v) is 8.29. The first-order valence-corrected chi connectivity index (χ1v) is 9.24. The van der Waals surface area contributed by atoms with Crippen molar-refractivity contribution >= 4 is 16.1 Å². The van der Waals surface area contributed by atoms with Gasteiger partial charge in [-0.15, -0.1) is 0 Å². The maximum Gasteiger partial charge on any atom is 0.315 e. The zero-order valence-corrected chi connectivity index (χ0v) is 13.4. The van der Waals surface area contributed by atoms with Crippen molar-refractivity contribution in [1.29, 1.82) is 0 Å². The van der Waals surface area contributed by atoms with Gasteiger partial charge in [0.25, 0.3) is 0 Å². The number of primary amides is 1. The summed E-state index contributed by atoms with van der Waals surface area (Å²) >= 11 is 0. The van der Waals surface area contributed by atoms with Crippen LogP contribution >= 0.6 is 0 Å². The van der Waals surface area contributed by atoms with Gasteiger partial charge in [0.05, 0.1) is 12.3 Å². The molecular formula is C15H21N3O3S. The van der Waals surface area contributed by atoms with Crippen LogP contribution in [0.2, 0.25) is 0 Å². The second kappa shape index (κ2) is 5.24. The number of rotatable bonds is 2. The lowest BCUT2D eigenvalue weighted by Crippen LogP contribution is -2.64. The molecule has 1 aromatic rings. The fraction of sp³-hybridized carbons (Fsp3) is 0.533. The minimum atomic E-state index is -3.14. The molecule has 2 aliphatic heterocycles. The van der Waals surface area contributed by atoms with Gasteiger partial charge in [-0.05, 0) is 18.4 Å². The lowest BCUT2D eigenvalue weighted by Gasteiger charge is -2.59. The van der Waals surface area contributed by atoms with Gasteiger partial charge in [-0.2, -0.15) is 0 Å². The highest BCUT2D eigenvalue weighted by atomic mass is 32.2. The van der Waals surface area contributed by atoms with Gasteiger partial charge in [-0.25, -0.2) is 17.5 Å². The number of hydrogen-bond donors (Lipinski definition) is 1. The molecule has 6 nitrogen and oxygen atoms in total. The van der Waals surface area contributed by atoms with Gasteiger partial charge < -0.3 is 10.6 Å². The molecule has 2 N–H and O–H groups in total. The third-order valence-corrected chi connectivity index (χ3v) is 6.27. The first-order chi connectivity index (χ1) is 10.3. The molecule has 1 unspecified atom stereocenters. The van der Waals surface area contributed by atoms with Crippen LogP contribution in [0.3, 0.4) is 0 Å². The number of nitrogens with two attached hydrogens (primary N) is 1. The number of piperidine rings is 1. The summed E-state index contributed by atoms with van der Waals surface area (Å²) in [6.45, 7) is 1.63. The molecule has 2 saturated heterocycles. The van der Waals surface area contributed by atoms with E-state index in [4.69, 9.17) is 5.73 Å². The molecule has 0 bridgehead atoms. The first kappa shape index (κ1) is 15.3. The summed E-state index contributed by atoms with van der Waals surface area (Å²) in [5.74, 6) is 0. The maximum absolute atomic E-state index is 11.7.